The molecule has 3 aromatic carbocycles. The van der Waals surface area contributed by atoms with Gasteiger partial charge >= 0.3 is 0 Å². The molecule has 0 aliphatic carbocycles. The first kappa shape index (κ1) is 23.3. The van der Waals surface area contributed by atoms with Gasteiger partial charge in [-0.1, -0.05) is 47.7 Å². The summed E-state index contributed by atoms with van der Waals surface area (Å²) in [6, 6.07) is 20.7. The quantitative estimate of drug-likeness (QED) is 0.340. The van der Waals surface area contributed by atoms with Gasteiger partial charge in [0.15, 0.2) is 0 Å². The van der Waals surface area contributed by atoms with Crippen molar-refractivity contribution in [3.05, 3.63) is 114 Å². The number of fused-ring (bicyclic) bond motifs is 1. The minimum atomic E-state index is -0.447. The molecule has 0 radical (unpaired) electrons. The lowest BCUT2D eigenvalue weighted by Gasteiger charge is -2.19. The Balaban J connectivity index is 1.35. The van der Waals surface area contributed by atoms with E-state index in [-0.39, 0.29) is 18.3 Å². The fourth-order valence-corrected chi connectivity index (χ4v) is 4.19. The number of carbonyl (C=O) groups excluding carboxylic acids is 1. The van der Waals surface area contributed by atoms with Crippen LogP contribution in [0.4, 0.5) is 4.39 Å². The monoisotopic (exact) mass is 481 g/mol. The van der Waals surface area contributed by atoms with Crippen LogP contribution >= 0.6 is 0 Å². The first-order valence-electron chi connectivity index (χ1n) is 11.6. The van der Waals surface area contributed by atoms with E-state index in [1.807, 2.05) is 48.8 Å². The first-order valence-corrected chi connectivity index (χ1v) is 11.6. The van der Waals surface area contributed by atoms with E-state index in [1.165, 1.54) is 12.1 Å². The molecule has 0 aliphatic heterocycles. The molecule has 180 valence electrons. The van der Waals surface area contributed by atoms with Crippen molar-refractivity contribution >= 4 is 16.7 Å². The smallest absolute Gasteiger partial charge is 0.252 e. The summed E-state index contributed by atoms with van der Waals surface area (Å²) in [5.74, 6) is -0.636. The average Bonchev–Trinajstić information content (AvgIpc) is 3.37. The van der Waals surface area contributed by atoms with Crippen molar-refractivity contribution in [3.63, 3.8) is 0 Å². The van der Waals surface area contributed by atoms with Gasteiger partial charge in [0.1, 0.15) is 11.5 Å². The van der Waals surface area contributed by atoms with Gasteiger partial charge in [-0.25, -0.2) is 9.07 Å². The zero-order chi connectivity index (χ0) is 24.9. The molecule has 8 heteroatoms. The van der Waals surface area contributed by atoms with Crippen LogP contribution in [0.2, 0.25) is 0 Å². The molecule has 0 saturated heterocycles. The van der Waals surface area contributed by atoms with Gasteiger partial charge in [-0.2, -0.15) is 0 Å². The Bertz CT molecular complexity index is 1500. The molecule has 5 aromatic rings. The lowest BCUT2D eigenvalue weighted by Crippen LogP contribution is -2.30. The molecule has 1 unspecified atom stereocenters. The number of nitrogens with zero attached hydrogens (tertiary/aromatic N) is 4. The third-order valence-corrected chi connectivity index (χ3v) is 6.06. The van der Waals surface area contributed by atoms with Gasteiger partial charge in [-0.05, 0) is 53.3 Å². The fraction of sp³-hybridized carbons (Fsp3) is 0.143. The number of aliphatic hydroxyl groups is 1. The average molecular weight is 482 g/mol. The van der Waals surface area contributed by atoms with Crippen LogP contribution < -0.4 is 5.32 Å². The molecule has 0 saturated carbocycles. The Labute approximate surface area is 207 Å². The predicted octanol–water partition coefficient (Wildman–Crippen LogP) is 4.53. The Morgan fingerprint density at radius 3 is 2.69 bits per heavy atom. The van der Waals surface area contributed by atoms with E-state index in [4.69, 9.17) is 0 Å². The third-order valence-electron chi connectivity index (χ3n) is 6.06. The SMILES string of the molecule is O=C(NC(CCO)c1ccc(F)cc1)c1ccccc1Cn1cc(-c2ccc3cnccc3c2)nn1. The van der Waals surface area contributed by atoms with Crippen molar-refractivity contribution in [1.29, 1.82) is 0 Å². The molecule has 0 bridgehead atoms. The van der Waals surface area contributed by atoms with Crippen LogP contribution in [0, 0.1) is 5.82 Å². The van der Waals surface area contributed by atoms with Gasteiger partial charge in [0.05, 0.1) is 18.8 Å². The van der Waals surface area contributed by atoms with Gasteiger partial charge in [0.2, 0.25) is 0 Å². The highest BCUT2D eigenvalue weighted by Gasteiger charge is 2.18. The topological polar surface area (TPSA) is 92.9 Å². The summed E-state index contributed by atoms with van der Waals surface area (Å²) < 4.78 is 15.0. The number of carbonyl (C=O) groups is 1. The summed E-state index contributed by atoms with van der Waals surface area (Å²) in [5, 5.41) is 23.2. The number of amides is 1. The van der Waals surface area contributed by atoms with Crippen molar-refractivity contribution in [2.24, 2.45) is 0 Å². The maximum atomic E-state index is 13.3. The Morgan fingerprint density at radius 1 is 1.03 bits per heavy atom. The van der Waals surface area contributed by atoms with Gasteiger partial charge in [-0.15, -0.1) is 5.10 Å². The molecule has 0 fully saturated rings. The summed E-state index contributed by atoms with van der Waals surface area (Å²) in [4.78, 5) is 17.4. The fourth-order valence-electron chi connectivity index (χ4n) is 4.19. The van der Waals surface area contributed by atoms with Crippen LogP contribution in [0.25, 0.3) is 22.0 Å². The van der Waals surface area contributed by atoms with Crippen molar-refractivity contribution in [2.45, 2.75) is 19.0 Å². The van der Waals surface area contributed by atoms with E-state index < -0.39 is 6.04 Å². The maximum Gasteiger partial charge on any atom is 0.252 e. The second kappa shape index (κ2) is 10.5. The number of hydrogen-bond donors (Lipinski definition) is 2. The van der Waals surface area contributed by atoms with Crippen LogP contribution in [0.15, 0.2) is 91.4 Å². The van der Waals surface area contributed by atoms with Gasteiger partial charge in [0.25, 0.3) is 5.91 Å². The van der Waals surface area contributed by atoms with E-state index in [1.54, 1.807) is 35.1 Å². The predicted molar refractivity (Wildman–Crippen MR) is 135 cm³/mol. The van der Waals surface area contributed by atoms with Gasteiger partial charge < -0.3 is 10.4 Å². The number of aromatic nitrogens is 4. The van der Waals surface area contributed by atoms with E-state index in [0.29, 0.717) is 18.5 Å². The Morgan fingerprint density at radius 2 is 1.86 bits per heavy atom. The van der Waals surface area contributed by atoms with Crippen molar-refractivity contribution in [2.75, 3.05) is 6.61 Å². The molecule has 0 spiro atoms. The van der Waals surface area contributed by atoms with Crippen molar-refractivity contribution in [1.82, 2.24) is 25.3 Å². The Hall–Kier alpha value is -4.43. The van der Waals surface area contributed by atoms with E-state index in [9.17, 15) is 14.3 Å². The molecule has 2 N–H and O–H groups in total. The number of hydrogen-bond acceptors (Lipinski definition) is 5. The highest BCUT2D eigenvalue weighted by molar-refractivity contribution is 5.96. The largest absolute Gasteiger partial charge is 0.396 e. The number of pyridine rings is 1. The van der Waals surface area contributed by atoms with E-state index in [2.05, 4.69) is 20.6 Å². The van der Waals surface area contributed by atoms with Crippen LogP contribution in [0.3, 0.4) is 0 Å². The zero-order valence-corrected chi connectivity index (χ0v) is 19.4. The molecule has 7 nitrogen and oxygen atoms in total. The molecular weight excluding hydrogens is 457 g/mol. The summed E-state index contributed by atoms with van der Waals surface area (Å²) >= 11 is 0. The third kappa shape index (κ3) is 5.13. The first-order chi connectivity index (χ1) is 17.6. The summed E-state index contributed by atoms with van der Waals surface area (Å²) in [7, 11) is 0. The lowest BCUT2D eigenvalue weighted by atomic mass is 10.0. The number of halogens is 1. The zero-order valence-electron chi connectivity index (χ0n) is 19.4. The molecule has 36 heavy (non-hydrogen) atoms. The van der Waals surface area contributed by atoms with Crippen molar-refractivity contribution in [3.8, 4) is 11.3 Å². The summed E-state index contributed by atoms with van der Waals surface area (Å²) in [5.41, 5.74) is 3.67. The molecule has 2 heterocycles. The minimum absolute atomic E-state index is 0.114. The number of aliphatic hydroxyl groups excluding tert-OH is 1. The van der Waals surface area contributed by atoms with Gasteiger partial charge in [-0.3, -0.25) is 9.78 Å². The van der Waals surface area contributed by atoms with Crippen LogP contribution in [-0.4, -0.2) is 37.6 Å². The van der Waals surface area contributed by atoms with Crippen LogP contribution in [-0.2, 0) is 6.54 Å². The second-order valence-corrected chi connectivity index (χ2v) is 8.49. The molecule has 5 rings (SSSR count). The minimum Gasteiger partial charge on any atom is -0.396 e. The number of rotatable bonds is 8. The molecule has 0 aliphatic rings. The number of nitrogens with one attached hydrogen (secondary N) is 1. The standard InChI is InChI=1S/C28H24FN5O2/c29-24-9-7-19(8-10-24)26(12-14-35)31-28(36)25-4-2-1-3-23(25)17-34-18-27(32-33-34)21-5-6-22-16-30-13-11-20(22)15-21/h1-11,13,15-16,18,26,35H,12,14,17H2,(H,31,36). The number of benzene rings is 3. The molecule has 1 atom stereocenters. The highest BCUT2D eigenvalue weighted by atomic mass is 19.1. The van der Waals surface area contributed by atoms with Crippen molar-refractivity contribution < 1.29 is 14.3 Å². The van der Waals surface area contributed by atoms with E-state index >= 15 is 0 Å². The van der Waals surface area contributed by atoms with Gasteiger partial charge in [0, 0.05) is 35.5 Å². The highest BCUT2D eigenvalue weighted by Crippen LogP contribution is 2.23. The molecule has 1 amide bonds. The Kier molecular flexibility index (Phi) is 6.77. The van der Waals surface area contributed by atoms with E-state index in [0.717, 1.165) is 33.2 Å². The summed E-state index contributed by atoms with van der Waals surface area (Å²) in [6.45, 7) is 0.242. The maximum absolute atomic E-state index is 13.3. The van der Waals surface area contributed by atoms with Crippen LogP contribution in [0.5, 0.6) is 0 Å². The molecular formula is C28H24FN5O2. The summed E-state index contributed by atoms with van der Waals surface area (Å²) in [6.07, 6.45) is 5.74. The van der Waals surface area contributed by atoms with Crippen LogP contribution in [0.1, 0.15) is 33.9 Å². The molecule has 2 aromatic heterocycles. The lowest BCUT2D eigenvalue weighted by molar-refractivity contribution is 0.0929. The normalized spacial score (nSPS) is 11.9. The second-order valence-electron chi connectivity index (χ2n) is 8.49.